The van der Waals surface area contributed by atoms with Crippen molar-refractivity contribution in [3.05, 3.63) is 16.3 Å². The number of thiophene rings is 1. The Morgan fingerprint density at radius 2 is 1.88 bits per heavy atom. The number of nitrogens with zero attached hydrogens (tertiary/aromatic N) is 2. The maximum atomic E-state index is 5.01. The summed E-state index contributed by atoms with van der Waals surface area (Å²) in [4.78, 5) is 12.8. The normalized spacial score (nSPS) is 21.5. The molecule has 130 valence electrons. The molecule has 24 heavy (non-hydrogen) atoms. The van der Waals surface area contributed by atoms with E-state index in [1.807, 2.05) is 23.1 Å². The van der Waals surface area contributed by atoms with Crippen LogP contribution in [0.3, 0.4) is 0 Å². The van der Waals surface area contributed by atoms with Gasteiger partial charge >= 0.3 is 0 Å². The van der Waals surface area contributed by atoms with Crippen molar-refractivity contribution in [2.75, 3.05) is 0 Å². The second-order valence-electron chi connectivity index (χ2n) is 8.82. The average molecular weight is 361 g/mol. The Kier molecular flexibility index (Phi) is 4.20. The first-order valence-electron chi connectivity index (χ1n) is 9.31. The maximum absolute atomic E-state index is 5.01. The third-order valence-electron chi connectivity index (χ3n) is 5.41. The Bertz CT molecular complexity index is 766. The van der Waals surface area contributed by atoms with Crippen LogP contribution in [0, 0.1) is 11.3 Å². The van der Waals surface area contributed by atoms with E-state index in [9.17, 15) is 0 Å². The van der Waals surface area contributed by atoms with Gasteiger partial charge in [-0.3, -0.25) is 0 Å². The zero-order chi connectivity index (χ0) is 17.1. The van der Waals surface area contributed by atoms with E-state index in [2.05, 4.69) is 34.6 Å². The van der Waals surface area contributed by atoms with Gasteiger partial charge in [0.2, 0.25) is 0 Å². The highest BCUT2D eigenvalue weighted by molar-refractivity contribution is 8.00. The van der Waals surface area contributed by atoms with Gasteiger partial charge in [0, 0.05) is 21.4 Å². The zero-order valence-corrected chi connectivity index (χ0v) is 17.1. The van der Waals surface area contributed by atoms with Crippen LogP contribution in [0.15, 0.2) is 5.03 Å². The number of aromatic nitrogens is 2. The van der Waals surface area contributed by atoms with Crippen LogP contribution in [0.1, 0.15) is 76.1 Å². The van der Waals surface area contributed by atoms with Crippen molar-refractivity contribution in [1.82, 2.24) is 9.97 Å². The molecule has 2 nitrogen and oxygen atoms in total. The summed E-state index contributed by atoms with van der Waals surface area (Å²) in [6, 6.07) is 0. The Morgan fingerprint density at radius 1 is 1.12 bits per heavy atom. The first-order chi connectivity index (χ1) is 11.3. The highest BCUT2D eigenvalue weighted by Gasteiger charge is 2.33. The molecule has 2 aliphatic rings. The Balaban J connectivity index is 1.81. The molecule has 0 N–H and O–H groups in total. The van der Waals surface area contributed by atoms with Gasteiger partial charge in [-0.25, -0.2) is 9.97 Å². The topological polar surface area (TPSA) is 25.8 Å². The van der Waals surface area contributed by atoms with Crippen LogP contribution >= 0.6 is 23.1 Å². The van der Waals surface area contributed by atoms with E-state index in [1.54, 1.807) is 10.4 Å². The second kappa shape index (κ2) is 5.98. The molecule has 0 aromatic carbocycles. The van der Waals surface area contributed by atoms with Crippen LogP contribution in [-0.4, -0.2) is 15.2 Å². The van der Waals surface area contributed by atoms with Crippen LogP contribution in [0.5, 0.6) is 0 Å². The second-order valence-corrected chi connectivity index (χ2v) is 11.5. The summed E-state index contributed by atoms with van der Waals surface area (Å²) in [5.41, 5.74) is 1.97. The lowest BCUT2D eigenvalue weighted by Crippen LogP contribution is -2.26. The fourth-order valence-corrected chi connectivity index (χ4v) is 6.03. The molecular formula is C20H28N2S2. The summed E-state index contributed by atoms with van der Waals surface area (Å²) in [6.07, 6.45) is 6.28. The predicted molar refractivity (Wildman–Crippen MR) is 105 cm³/mol. The molecule has 4 heteroatoms. The third kappa shape index (κ3) is 3.12. The summed E-state index contributed by atoms with van der Waals surface area (Å²) in [5.74, 6) is 2.52. The summed E-state index contributed by atoms with van der Waals surface area (Å²) in [5, 5.41) is 3.21. The minimum atomic E-state index is 0.397. The predicted octanol–water partition coefficient (Wildman–Crippen LogP) is 6.22. The van der Waals surface area contributed by atoms with Crippen LogP contribution in [0.25, 0.3) is 10.2 Å². The molecule has 1 fully saturated rings. The smallest absolute Gasteiger partial charge is 0.134 e. The van der Waals surface area contributed by atoms with Crippen molar-refractivity contribution in [3.8, 4) is 0 Å². The Morgan fingerprint density at radius 3 is 2.50 bits per heavy atom. The van der Waals surface area contributed by atoms with Crippen molar-refractivity contribution in [2.45, 2.75) is 82.9 Å². The molecule has 1 atom stereocenters. The minimum absolute atomic E-state index is 0.397. The number of hydrogen-bond acceptors (Lipinski definition) is 4. The molecule has 4 rings (SSSR count). The monoisotopic (exact) mass is 360 g/mol. The number of thioether (sulfide) groups is 1. The average Bonchev–Trinajstić information content (AvgIpc) is 3.25. The number of fused-ring (bicyclic) bond motifs is 3. The van der Waals surface area contributed by atoms with Gasteiger partial charge in [0.25, 0.3) is 0 Å². The lowest BCUT2D eigenvalue weighted by atomic mass is 9.72. The van der Waals surface area contributed by atoms with Crippen LogP contribution < -0.4 is 0 Å². The van der Waals surface area contributed by atoms with Gasteiger partial charge in [-0.1, -0.05) is 34.6 Å². The van der Waals surface area contributed by atoms with Crippen molar-refractivity contribution in [1.29, 1.82) is 0 Å². The van der Waals surface area contributed by atoms with Crippen LogP contribution in [0.2, 0.25) is 0 Å². The van der Waals surface area contributed by atoms with E-state index < -0.39 is 0 Å². The van der Waals surface area contributed by atoms with Crippen LogP contribution in [0.4, 0.5) is 0 Å². The van der Waals surface area contributed by atoms with Gasteiger partial charge in [-0.2, -0.15) is 0 Å². The number of rotatable bonds is 3. The quantitative estimate of drug-likeness (QED) is 0.480. The fourth-order valence-electron chi connectivity index (χ4n) is 3.73. The van der Waals surface area contributed by atoms with Gasteiger partial charge in [0.05, 0.1) is 0 Å². The summed E-state index contributed by atoms with van der Waals surface area (Å²) in [6.45, 7) is 11.7. The SMILES string of the molecule is CC(C)Sc1nc(C2CC2)nc2sc3c(c12)CC[C@H](C(C)(C)C)C3. The molecular weight excluding hydrogens is 332 g/mol. The molecule has 1 saturated carbocycles. The molecule has 2 aliphatic carbocycles. The van der Waals surface area contributed by atoms with Crippen molar-refractivity contribution >= 4 is 33.3 Å². The highest BCUT2D eigenvalue weighted by Crippen LogP contribution is 2.47. The van der Waals surface area contributed by atoms with Crippen molar-refractivity contribution < 1.29 is 0 Å². The molecule has 0 radical (unpaired) electrons. The van der Waals surface area contributed by atoms with E-state index in [4.69, 9.17) is 9.97 Å². The maximum Gasteiger partial charge on any atom is 0.134 e. The molecule has 0 saturated heterocycles. The summed E-state index contributed by atoms with van der Waals surface area (Å²) in [7, 11) is 0. The number of aryl methyl sites for hydroxylation is 1. The van der Waals surface area contributed by atoms with Gasteiger partial charge < -0.3 is 0 Å². The molecule has 2 aromatic heterocycles. The molecule has 0 unspecified atom stereocenters. The molecule has 0 amide bonds. The van der Waals surface area contributed by atoms with E-state index in [0.717, 1.165) is 11.7 Å². The number of hydrogen-bond donors (Lipinski definition) is 0. The van der Waals surface area contributed by atoms with E-state index in [-0.39, 0.29) is 0 Å². The van der Waals surface area contributed by atoms with Crippen molar-refractivity contribution in [2.24, 2.45) is 11.3 Å². The Labute approximate surface area is 153 Å². The molecule has 0 bridgehead atoms. The van der Waals surface area contributed by atoms with E-state index in [1.165, 1.54) is 47.3 Å². The molecule has 0 spiro atoms. The van der Waals surface area contributed by atoms with Crippen LogP contribution in [-0.2, 0) is 12.8 Å². The molecule has 2 aromatic rings. The zero-order valence-electron chi connectivity index (χ0n) is 15.5. The lowest BCUT2D eigenvalue weighted by molar-refractivity contribution is 0.218. The molecule has 2 heterocycles. The lowest BCUT2D eigenvalue weighted by Gasteiger charge is -2.33. The summed E-state index contributed by atoms with van der Waals surface area (Å²) < 4.78 is 0. The largest absolute Gasteiger partial charge is 0.226 e. The van der Waals surface area contributed by atoms with Gasteiger partial charge in [0.15, 0.2) is 0 Å². The third-order valence-corrected chi connectivity index (χ3v) is 7.55. The fraction of sp³-hybridized carbons (Fsp3) is 0.700. The van der Waals surface area contributed by atoms with Gasteiger partial charge in [-0.15, -0.1) is 23.1 Å². The first kappa shape index (κ1) is 16.8. The van der Waals surface area contributed by atoms with Crippen molar-refractivity contribution in [3.63, 3.8) is 0 Å². The Hall–Kier alpha value is -0.610. The highest BCUT2D eigenvalue weighted by atomic mass is 32.2. The summed E-state index contributed by atoms with van der Waals surface area (Å²) >= 11 is 3.88. The standard InChI is InChI=1S/C20H28N2S2/c1-11(2)23-18-16-14-9-8-13(20(3,4)5)10-15(14)24-19(16)22-17(21-18)12-6-7-12/h11-13H,6-10H2,1-5H3/t13-/m0/s1. The minimum Gasteiger partial charge on any atom is -0.226 e. The van der Waals surface area contributed by atoms with E-state index >= 15 is 0 Å². The van der Waals surface area contributed by atoms with Gasteiger partial charge in [-0.05, 0) is 49.0 Å². The molecule has 0 aliphatic heterocycles. The van der Waals surface area contributed by atoms with E-state index in [0.29, 0.717) is 16.6 Å². The first-order valence-corrected chi connectivity index (χ1v) is 11.0. The van der Waals surface area contributed by atoms with Gasteiger partial charge in [0.1, 0.15) is 15.7 Å².